The monoisotopic (exact) mass is 318 g/mol. The van der Waals surface area contributed by atoms with E-state index in [4.69, 9.17) is 14.0 Å². The molecule has 3 heterocycles. The number of aryl methyl sites for hydroxylation is 1. The molecule has 0 amide bonds. The molecule has 1 N–H and O–H groups in total. The number of rotatable bonds is 4. The van der Waals surface area contributed by atoms with Gasteiger partial charge in [0.25, 0.3) is 0 Å². The summed E-state index contributed by atoms with van der Waals surface area (Å²) in [7, 11) is -0.361. The predicted octanol–water partition coefficient (Wildman–Crippen LogP) is 2.28. The molecule has 0 saturated carbocycles. The van der Waals surface area contributed by atoms with Gasteiger partial charge in [0, 0.05) is 24.8 Å². The number of nitrogens with zero attached hydrogens (tertiary/aromatic N) is 1. The minimum atomic E-state index is -0.361. The first-order valence-electron chi connectivity index (χ1n) is 8.46. The topological polar surface area (TPSA) is 52.6 Å². The Morgan fingerprint density at radius 3 is 2.52 bits per heavy atom. The SMILES string of the molecule is Cc1cc(NC[C@H]2CCCO2)ncc1B1OC(C)(C)C(C)(C)O1. The summed E-state index contributed by atoms with van der Waals surface area (Å²) in [6, 6.07) is 2.05. The molecule has 2 aliphatic rings. The van der Waals surface area contributed by atoms with E-state index in [1.807, 2.05) is 6.20 Å². The molecule has 0 spiro atoms. The minimum Gasteiger partial charge on any atom is -0.399 e. The van der Waals surface area contributed by atoms with Crippen molar-refractivity contribution in [3.05, 3.63) is 17.8 Å². The first-order valence-corrected chi connectivity index (χ1v) is 8.46. The largest absolute Gasteiger partial charge is 0.496 e. The zero-order chi connectivity index (χ0) is 16.7. The highest BCUT2D eigenvalue weighted by Crippen LogP contribution is 2.36. The lowest BCUT2D eigenvalue weighted by Crippen LogP contribution is -2.41. The van der Waals surface area contributed by atoms with Crippen LogP contribution in [0.4, 0.5) is 5.82 Å². The molecule has 2 fully saturated rings. The first kappa shape index (κ1) is 16.7. The third-order valence-electron chi connectivity index (χ3n) is 5.19. The van der Waals surface area contributed by atoms with E-state index in [1.165, 1.54) is 0 Å². The van der Waals surface area contributed by atoms with Crippen molar-refractivity contribution < 1.29 is 14.0 Å². The number of hydrogen-bond acceptors (Lipinski definition) is 5. The Kier molecular flexibility index (Phi) is 4.42. The van der Waals surface area contributed by atoms with E-state index in [-0.39, 0.29) is 18.3 Å². The van der Waals surface area contributed by atoms with Gasteiger partial charge >= 0.3 is 7.12 Å². The molecule has 2 aliphatic heterocycles. The molecule has 1 aromatic heterocycles. The Morgan fingerprint density at radius 2 is 1.96 bits per heavy atom. The summed E-state index contributed by atoms with van der Waals surface area (Å²) in [6.45, 7) is 12.0. The summed E-state index contributed by atoms with van der Waals surface area (Å²) in [4.78, 5) is 4.51. The summed E-state index contributed by atoms with van der Waals surface area (Å²) in [5.41, 5.74) is 1.45. The van der Waals surface area contributed by atoms with Crippen molar-refractivity contribution in [2.45, 2.75) is 64.8 Å². The van der Waals surface area contributed by atoms with Crippen LogP contribution in [0.1, 0.15) is 46.1 Å². The molecule has 126 valence electrons. The maximum Gasteiger partial charge on any atom is 0.496 e. The quantitative estimate of drug-likeness (QED) is 0.863. The molecule has 5 nitrogen and oxygen atoms in total. The average molecular weight is 318 g/mol. The predicted molar refractivity (Wildman–Crippen MR) is 92.2 cm³/mol. The summed E-state index contributed by atoms with van der Waals surface area (Å²) in [6.07, 6.45) is 4.44. The van der Waals surface area contributed by atoms with Crippen molar-refractivity contribution in [2.24, 2.45) is 0 Å². The Balaban J connectivity index is 1.68. The second kappa shape index (κ2) is 6.08. The summed E-state index contributed by atoms with van der Waals surface area (Å²) >= 11 is 0. The zero-order valence-electron chi connectivity index (χ0n) is 14.8. The fourth-order valence-electron chi connectivity index (χ4n) is 2.90. The summed E-state index contributed by atoms with van der Waals surface area (Å²) in [5.74, 6) is 0.873. The lowest BCUT2D eigenvalue weighted by molar-refractivity contribution is 0.00578. The zero-order valence-corrected chi connectivity index (χ0v) is 14.8. The second-order valence-electron chi connectivity index (χ2n) is 7.53. The van der Waals surface area contributed by atoms with E-state index >= 15 is 0 Å². The van der Waals surface area contributed by atoms with Gasteiger partial charge in [-0.15, -0.1) is 0 Å². The van der Waals surface area contributed by atoms with E-state index in [9.17, 15) is 0 Å². The fourth-order valence-corrected chi connectivity index (χ4v) is 2.90. The van der Waals surface area contributed by atoms with E-state index < -0.39 is 0 Å². The standard InChI is InChI=1S/C17H27BN2O3/c1-12-9-15(19-10-13-7-6-8-21-13)20-11-14(12)18-22-16(2,3)17(4,5)23-18/h9,11,13H,6-8,10H2,1-5H3,(H,19,20)/t13-/m1/s1. The molecule has 2 saturated heterocycles. The molecule has 1 atom stereocenters. The van der Waals surface area contributed by atoms with Crippen LogP contribution in [-0.2, 0) is 14.0 Å². The van der Waals surface area contributed by atoms with Crippen LogP contribution in [0.3, 0.4) is 0 Å². The van der Waals surface area contributed by atoms with E-state index in [0.29, 0.717) is 6.10 Å². The molecule has 0 aliphatic carbocycles. The number of ether oxygens (including phenoxy) is 1. The molecule has 0 unspecified atom stereocenters. The molecule has 6 heteroatoms. The van der Waals surface area contributed by atoms with Crippen LogP contribution in [-0.4, -0.2) is 42.6 Å². The maximum absolute atomic E-state index is 6.11. The van der Waals surface area contributed by atoms with Gasteiger partial charge in [-0.1, -0.05) is 0 Å². The lowest BCUT2D eigenvalue weighted by atomic mass is 9.77. The van der Waals surface area contributed by atoms with Crippen LogP contribution in [0.2, 0.25) is 0 Å². The fraction of sp³-hybridized carbons (Fsp3) is 0.706. The number of pyridine rings is 1. The number of hydrogen-bond donors (Lipinski definition) is 1. The molecular formula is C17H27BN2O3. The highest BCUT2D eigenvalue weighted by atomic mass is 16.7. The average Bonchev–Trinajstić information content (AvgIpc) is 3.03. The highest BCUT2D eigenvalue weighted by molar-refractivity contribution is 6.62. The van der Waals surface area contributed by atoms with Crippen molar-refractivity contribution in [3.8, 4) is 0 Å². The molecule has 3 rings (SSSR count). The Labute approximate surface area is 139 Å². The molecule has 23 heavy (non-hydrogen) atoms. The summed E-state index contributed by atoms with van der Waals surface area (Å²) in [5, 5.41) is 3.36. The van der Waals surface area contributed by atoms with Crippen molar-refractivity contribution in [2.75, 3.05) is 18.5 Å². The van der Waals surface area contributed by atoms with Crippen LogP contribution in [0.25, 0.3) is 0 Å². The van der Waals surface area contributed by atoms with Crippen molar-refractivity contribution >= 4 is 18.4 Å². The van der Waals surface area contributed by atoms with Crippen molar-refractivity contribution in [1.29, 1.82) is 0 Å². The molecule has 0 bridgehead atoms. The van der Waals surface area contributed by atoms with Gasteiger partial charge in [0.2, 0.25) is 0 Å². The van der Waals surface area contributed by atoms with Crippen LogP contribution in [0, 0.1) is 6.92 Å². The smallest absolute Gasteiger partial charge is 0.399 e. The Hall–Kier alpha value is -1.11. The Morgan fingerprint density at radius 1 is 1.26 bits per heavy atom. The van der Waals surface area contributed by atoms with Crippen molar-refractivity contribution in [1.82, 2.24) is 4.98 Å². The van der Waals surface area contributed by atoms with Crippen LogP contribution in [0.15, 0.2) is 12.3 Å². The van der Waals surface area contributed by atoms with Crippen LogP contribution < -0.4 is 10.8 Å². The maximum atomic E-state index is 6.11. The lowest BCUT2D eigenvalue weighted by Gasteiger charge is -2.32. The normalized spacial score (nSPS) is 25.8. The molecule has 1 aromatic rings. The summed E-state index contributed by atoms with van der Waals surface area (Å²) < 4.78 is 17.8. The Bertz CT molecular complexity index is 555. The highest BCUT2D eigenvalue weighted by Gasteiger charge is 2.52. The number of nitrogens with one attached hydrogen (secondary N) is 1. The van der Waals surface area contributed by atoms with E-state index in [2.05, 4.69) is 51.0 Å². The number of aromatic nitrogens is 1. The van der Waals surface area contributed by atoms with Gasteiger partial charge < -0.3 is 19.4 Å². The van der Waals surface area contributed by atoms with Gasteiger partial charge in [0.15, 0.2) is 0 Å². The van der Waals surface area contributed by atoms with Crippen LogP contribution >= 0.6 is 0 Å². The molecule has 0 aromatic carbocycles. The first-order chi connectivity index (χ1) is 10.8. The van der Waals surface area contributed by atoms with Gasteiger partial charge in [0.05, 0.1) is 17.3 Å². The second-order valence-corrected chi connectivity index (χ2v) is 7.53. The van der Waals surface area contributed by atoms with Gasteiger partial charge in [-0.25, -0.2) is 4.98 Å². The number of anilines is 1. The van der Waals surface area contributed by atoms with Crippen molar-refractivity contribution in [3.63, 3.8) is 0 Å². The van der Waals surface area contributed by atoms with Gasteiger partial charge in [-0.05, 0) is 59.1 Å². The van der Waals surface area contributed by atoms with Crippen LogP contribution in [0.5, 0.6) is 0 Å². The third kappa shape index (κ3) is 3.39. The third-order valence-corrected chi connectivity index (χ3v) is 5.19. The van der Waals surface area contributed by atoms with E-state index in [1.54, 1.807) is 0 Å². The van der Waals surface area contributed by atoms with Gasteiger partial charge in [-0.2, -0.15) is 0 Å². The van der Waals surface area contributed by atoms with Gasteiger partial charge in [-0.3, -0.25) is 0 Å². The van der Waals surface area contributed by atoms with E-state index in [0.717, 1.165) is 42.8 Å². The molecular weight excluding hydrogens is 291 g/mol. The van der Waals surface area contributed by atoms with Gasteiger partial charge in [0.1, 0.15) is 5.82 Å². The molecule has 0 radical (unpaired) electrons. The minimum absolute atomic E-state index is 0.305.